The van der Waals surface area contributed by atoms with E-state index in [4.69, 9.17) is 4.98 Å². The lowest BCUT2D eigenvalue weighted by molar-refractivity contribution is 0.632. The third-order valence-corrected chi connectivity index (χ3v) is 6.70. The molecular formula is C20H34N2S. The van der Waals surface area contributed by atoms with Crippen molar-refractivity contribution >= 4 is 17.4 Å². The number of rotatable bonds is 2. The summed E-state index contributed by atoms with van der Waals surface area (Å²) >= 11 is 2.13. The molecule has 1 aliphatic heterocycles. The number of hydrogen-bond acceptors (Lipinski definition) is 3. The van der Waals surface area contributed by atoms with Crippen molar-refractivity contribution in [2.75, 3.05) is 11.4 Å². The van der Waals surface area contributed by atoms with Crippen LogP contribution in [0.3, 0.4) is 0 Å². The highest BCUT2D eigenvalue weighted by Crippen LogP contribution is 2.44. The van der Waals surface area contributed by atoms with Gasteiger partial charge in [0.05, 0.1) is 11.4 Å². The summed E-state index contributed by atoms with van der Waals surface area (Å²) in [6.07, 6.45) is 0. The van der Waals surface area contributed by atoms with Gasteiger partial charge in [-0.3, -0.25) is 4.98 Å². The molecule has 2 heterocycles. The van der Waals surface area contributed by atoms with Gasteiger partial charge in [-0.05, 0) is 50.7 Å². The van der Waals surface area contributed by atoms with Crippen molar-refractivity contribution in [3.63, 3.8) is 0 Å². The lowest BCUT2D eigenvalue weighted by Gasteiger charge is -2.41. The van der Waals surface area contributed by atoms with Gasteiger partial charge >= 0.3 is 0 Å². The summed E-state index contributed by atoms with van der Waals surface area (Å²) in [5, 5.41) is 1.28. The number of pyridine rings is 1. The Kier molecular flexibility index (Phi) is 5.71. The van der Waals surface area contributed by atoms with Crippen LogP contribution in [0.2, 0.25) is 0 Å². The van der Waals surface area contributed by atoms with Crippen LogP contribution in [0.25, 0.3) is 0 Å². The van der Waals surface area contributed by atoms with E-state index >= 15 is 0 Å². The minimum absolute atomic E-state index is 0.453. The quantitative estimate of drug-likeness (QED) is 0.694. The first-order valence-electron chi connectivity index (χ1n) is 9.08. The van der Waals surface area contributed by atoms with E-state index in [0.717, 1.165) is 6.54 Å². The summed E-state index contributed by atoms with van der Waals surface area (Å²) in [5.41, 5.74) is 6.86. The highest BCUT2D eigenvalue weighted by molar-refractivity contribution is 8.00. The number of nitrogens with zero attached hydrogens (tertiary/aromatic N) is 2. The lowest BCUT2D eigenvalue weighted by Crippen LogP contribution is -2.40. The van der Waals surface area contributed by atoms with Gasteiger partial charge in [0, 0.05) is 28.8 Å². The molecule has 2 nitrogen and oxygen atoms in total. The van der Waals surface area contributed by atoms with Crippen molar-refractivity contribution in [3.8, 4) is 0 Å². The fraction of sp³-hybridized carbons (Fsp3) is 0.750. The van der Waals surface area contributed by atoms with Gasteiger partial charge in [-0.1, -0.05) is 34.6 Å². The molecule has 1 aromatic heterocycles. The summed E-state index contributed by atoms with van der Waals surface area (Å²) in [6, 6.07) is 0.499. The highest BCUT2D eigenvalue weighted by atomic mass is 32.2. The number of aryl methyl sites for hydroxylation is 1. The van der Waals surface area contributed by atoms with E-state index < -0.39 is 0 Å². The van der Waals surface area contributed by atoms with E-state index in [1.807, 2.05) is 0 Å². The topological polar surface area (TPSA) is 16.1 Å². The minimum Gasteiger partial charge on any atom is -0.366 e. The molecule has 0 bridgehead atoms. The second-order valence-corrected chi connectivity index (χ2v) is 9.63. The van der Waals surface area contributed by atoms with Crippen LogP contribution in [-0.4, -0.2) is 28.1 Å². The van der Waals surface area contributed by atoms with Crippen molar-refractivity contribution in [1.29, 1.82) is 0 Å². The Labute approximate surface area is 147 Å². The normalized spacial score (nSPS) is 25.5. The maximum atomic E-state index is 5.03. The molecule has 1 aromatic rings. The summed E-state index contributed by atoms with van der Waals surface area (Å²) in [4.78, 5) is 7.64. The molecule has 130 valence electrons. The van der Waals surface area contributed by atoms with E-state index in [0.29, 0.717) is 28.4 Å². The molecule has 2 rings (SSSR count). The molecule has 0 fully saturated rings. The predicted octanol–water partition coefficient (Wildman–Crippen LogP) is 5.66. The second-order valence-electron chi connectivity index (χ2n) is 7.81. The van der Waals surface area contributed by atoms with Crippen molar-refractivity contribution in [3.05, 3.63) is 22.5 Å². The fourth-order valence-electron chi connectivity index (χ4n) is 3.69. The second kappa shape index (κ2) is 7.04. The lowest BCUT2D eigenvalue weighted by atomic mass is 9.88. The number of anilines is 1. The van der Waals surface area contributed by atoms with E-state index in [-0.39, 0.29) is 0 Å². The van der Waals surface area contributed by atoms with Crippen LogP contribution in [0, 0.1) is 13.8 Å². The molecule has 3 heteroatoms. The van der Waals surface area contributed by atoms with E-state index in [1.54, 1.807) is 5.56 Å². The Balaban J connectivity index is 2.80. The molecule has 23 heavy (non-hydrogen) atoms. The van der Waals surface area contributed by atoms with E-state index in [9.17, 15) is 0 Å². The van der Waals surface area contributed by atoms with Crippen LogP contribution < -0.4 is 4.90 Å². The summed E-state index contributed by atoms with van der Waals surface area (Å²) < 4.78 is 0. The molecule has 0 saturated heterocycles. The van der Waals surface area contributed by atoms with Gasteiger partial charge in [0.1, 0.15) is 0 Å². The molecule has 1 aliphatic rings. The average molecular weight is 335 g/mol. The summed E-state index contributed by atoms with van der Waals surface area (Å²) in [7, 11) is 0. The molecule has 0 unspecified atom stereocenters. The zero-order valence-corrected chi connectivity index (χ0v) is 17.2. The van der Waals surface area contributed by atoms with Crippen LogP contribution in [0.4, 0.5) is 5.69 Å². The Morgan fingerprint density at radius 2 is 1.70 bits per heavy atom. The summed E-state index contributed by atoms with van der Waals surface area (Å²) in [6.45, 7) is 21.9. The maximum absolute atomic E-state index is 5.03. The fourth-order valence-corrected chi connectivity index (χ4v) is 5.04. The Morgan fingerprint density at radius 1 is 1.09 bits per heavy atom. The first-order valence-corrected chi connectivity index (χ1v) is 10.0. The average Bonchev–Trinajstić information content (AvgIpc) is 2.44. The van der Waals surface area contributed by atoms with Gasteiger partial charge in [-0.2, -0.15) is 11.8 Å². The maximum Gasteiger partial charge on any atom is 0.0668 e. The highest BCUT2D eigenvalue weighted by Gasteiger charge is 2.32. The van der Waals surface area contributed by atoms with Gasteiger partial charge < -0.3 is 4.90 Å². The third-order valence-electron chi connectivity index (χ3n) is 5.25. The van der Waals surface area contributed by atoms with Crippen LogP contribution in [-0.2, 0) is 0 Å². The van der Waals surface area contributed by atoms with Crippen LogP contribution in [0.1, 0.15) is 82.8 Å². The molecule has 3 atom stereocenters. The van der Waals surface area contributed by atoms with Crippen molar-refractivity contribution in [1.82, 2.24) is 4.98 Å². The third kappa shape index (κ3) is 3.55. The zero-order valence-electron chi connectivity index (χ0n) is 16.4. The van der Waals surface area contributed by atoms with Crippen LogP contribution in [0.15, 0.2) is 0 Å². The molecular weight excluding hydrogens is 300 g/mol. The molecule has 0 N–H and O–H groups in total. The minimum atomic E-state index is 0.453. The smallest absolute Gasteiger partial charge is 0.0668 e. The Bertz CT molecular complexity index is 565. The Morgan fingerprint density at radius 3 is 2.22 bits per heavy atom. The zero-order chi connectivity index (χ0) is 17.5. The van der Waals surface area contributed by atoms with E-state index in [1.165, 1.54) is 22.6 Å². The Hall–Kier alpha value is -0.700. The molecule has 0 aromatic carbocycles. The van der Waals surface area contributed by atoms with Gasteiger partial charge in [-0.15, -0.1) is 0 Å². The van der Waals surface area contributed by atoms with Crippen LogP contribution >= 0.6 is 11.8 Å². The van der Waals surface area contributed by atoms with Gasteiger partial charge in [0.15, 0.2) is 0 Å². The molecule has 0 aliphatic carbocycles. The van der Waals surface area contributed by atoms with Gasteiger partial charge in [0.2, 0.25) is 0 Å². The monoisotopic (exact) mass is 334 g/mol. The number of hydrogen-bond donors (Lipinski definition) is 0. The van der Waals surface area contributed by atoms with Crippen molar-refractivity contribution < 1.29 is 0 Å². The molecule has 0 saturated carbocycles. The SMILES string of the molecule is Cc1nc(C(C)C)c2c(c1C)[C@@H](C)[C@@H](C)S[C@@H](C)CN2C(C)C. The first-order chi connectivity index (χ1) is 10.6. The standard InChI is InChI=1S/C20H34N2S/c1-11(2)19-20-18(14(6)16(8)21-19)15(7)17(9)23-13(5)10-22(20)12(3)4/h11-13,15,17H,10H2,1-9H3/t13-,15-,17+/m0/s1. The van der Waals surface area contributed by atoms with Crippen LogP contribution in [0.5, 0.6) is 0 Å². The molecule has 0 amide bonds. The molecule has 0 spiro atoms. The van der Waals surface area contributed by atoms with Gasteiger partial charge in [0.25, 0.3) is 0 Å². The van der Waals surface area contributed by atoms with Crippen molar-refractivity contribution in [2.24, 2.45) is 0 Å². The predicted molar refractivity (Wildman–Crippen MR) is 105 cm³/mol. The number of thioether (sulfide) groups is 1. The number of aromatic nitrogens is 1. The van der Waals surface area contributed by atoms with E-state index in [2.05, 4.69) is 79.0 Å². The first kappa shape index (κ1) is 18.6. The largest absolute Gasteiger partial charge is 0.366 e. The summed E-state index contributed by atoms with van der Waals surface area (Å²) in [5.74, 6) is 1.01. The van der Waals surface area contributed by atoms with Crippen molar-refractivity contribution in [2.45, 2.75) is 90.7 Å². The van der Waals surface area contributed by atoms with Gasteiger partial charge in [-0.25, -0.2) is 0 Å². The molecule has 0 radical (unpaired) electrons. The number of fused-ring (bicyclic) bond motifs is 1.